The Bertz CT molecular complexity index is 657. The Labute approximate surface area is 142 Å². The van der Waals surface area contributed by atoms with Gasteiger partial charge in [0.2, 0.25) is 0 Å². The van der Waals surface area contributed by atoms with Crippen molar-refractivity contribution >= 4 is 17.3 Å². The van der Waals surface area contributed by atoms with Gasteiger partial charge in [-0.25, -0.2) is 0 Å². The minimum absolute atomic E-state index is 0.0895. The van der Waals surface area contributed by atoms with Crippen LogP contribution in [0.5, 0.6) is 5.75 Å². The third-order valence-electron chi connectivity index (χ3n) is 3.11. The summed E-state index contributed by atoms with van der Waals surface area (Å²) in [6.07, 6.45) is -4.43. The van der Waals surface area contributed by atoms with Crippen LogP contribution in [0.15, 0.2) is 46.1 Å². The fourth-order valence-electron chi connectivity index (χ4n) is 1.96. The van der Waals surface area contributed by atoms with E-state index in [1.807, 2.05) is 16.8 Å². The normalized spacial score (nSPS) is 12.1. The number of hydrogen-bond donors (Lipinski definition) is 2. The van der Waals surface area contributed by atoms with Crippen molar-refractivity contribution < 1.29 is 17.9 Å². The molecule has 130 valence electrons. The molecule has 0 saturated heterocycles. The summed E-state index contributed by atoms with van der Waals surface area (Å²) in [5.41, 5.74) is 0.364. The molecule has 1 aromatic heterocycles. The number of benzene rings is 1. The van der Waals surface area contributed by atoms with E-state index in [1.54, 1.807) is 18.4 Å². The quantitative estimate of drug-likeness (QED) is 0.472. The van der Waals surface area contributed by atoms with Crippen molar-refractivity contribution in [2.75, 3.05) is 20.2 Å². The van der Waals surface area contributed by atoms with Gasteiger partial charge in [-0.3, -0.25) is 4.99 Å². The summed E-state index contributed by atoms with van der Waals surface area (Å²) in [6, 6.07) is 7.17. The zero-order chi connectivity index (χ0) is 17.4. The van der Waals surface area contributed by atoms with Crippen molar-refractivity contribution in [2.24, 2.45) is 4.99 Å². The van der Waals surface area contributed by atoms with Crippen molar-refractivity contribution in [3.05, 3.63) is 52.2 Å². The van der Waals surface area contributed by atoms with E-state index in [2.05, 4.69) is 15.6 Å². The van der Waals surface area contributed by atoms with E-state index in [4.69, 9.17) is 4.74 Å². The average Bonchev–Trinajstić information content (AvgIpc) is 3.07. The molecule has 1 heterocycles. The molecule has 0 aliphatic heterocycles. The maximum absolute atomic E-state index is 12.9. The second-order valence-corrected chi connectivity index (χ2v) is 5.61. The zero-order valence-corrected chi connectivity index (χ0v) is 13.9. The van der Waals surface area contributed by atoms with Crippen molar-refractivity contribution in [3.8, 4) is 5.75 Å². The minimum Gasteiger partial charge on any atom is -0.491 e. The number of ether oxygens (including phenoxy) is 1. The minimum atomic E-state index is -4.43. The molecule has 0 radical (unpaired) electrons. The van der Waals surface area contributed by atoms with E-state index in [1.165, 1.54) is 18.2 Å². The Balaban J connectivity index is 1.78. The van der Waals surface area contributed by atoms with Gasteiger partial charge in [0, 0.05) is 13.6 Å². The highest BCUT2D eigenvalue weighted by Gasteiger charge is 2.33. The second kappa shape index (κ2) is 8.58. The summed E-state index contributed by atoms with van der Waals surface area (Å²) in [7, 11) is 1.63. The number of guanidine groups is 1. The first-order valence-corrected chi connectivity index (χ1v) is 8.19. The van der Waals surface area contributed by atoms with Gasteiger partial charge in [0.15, 0.2) is 5.96 Å². The predicted octanol–water partition coefficient (Wildman–Crippen LogP) is 3.51. The molecule has 0 atom stereocenters. The molecule has 8 heteroatoms. The van der Waals surface area contributed by atoms with E-state index in [0.717, 1.165) is 11.6 Å². The standard InChI is InChI=1S/C16H18F3N3OS/c1-20-15(22-10-12-6-9-24-11-12)21-7-8-23-14-5-3-2-4-13(14)16(17,18)19/h2-6,9,11H,7-8,10H2,1H3,(H2,20,21,22). The van der Waals surface area contributed by atoms with Crippen LogP contribution in [0.2, 0.25) is 0 Å². The van der Waals surface area contributed by atoms with Crippen molar-refractivity contribution in [1.29, 1.82) is 0 Å². The lowest BCUT2D eigenvalue weighted by Crippen LogP contribution is -2.38. The van der Waals surface area contributed by atoms with E-state index in [0.29, 0.717) is 19.0 Å². The van der Waals surface area contributed by atoms with Gasteiger partial charge in [0.1, 0.15) is 12.4 Å². The van der Waals surface area contributed by atoms with Crippen LogP contribution in [0.4, 0.5) is 13.2 Å². The number of rotatable bonds is 6. The molecule has 0 spiro atoms. The molecular formula is C16H18F3N3OS. The molecule has 0 aliphatic carbocycles. The number of alkyl halides is 3. The number of aliphatic imine (C=N–C) groups is 1. The topological polar surface area (TPSA) is 45.7 Å². The van der Waals surface area contributed by atoms with Crippen LogP contribution in [0.25, 0.3) is 0 Å². The Morgan fingerprint density at radius 2 is 2.00 bits per heavy atom. The lowest BCUT2D eigenvalue weighted by atomic mass is 10.2. The largest absolute Gasteiger partial charge is 0.491 e. The second-order valence-electron chi connectivity index (χ2n) is 4.83. The molecule has 1 aromatic carbocycles. The lowest BCUT2D eigenvalue weighted by molar-refractivity contribution is -0.138. The van der Waals surface area contributed by atoms with Crippen LogP contribution in [0, 0.1) is 0 Å². The van der Waals surface area contributed by atoms with Gasteiger partial charge in [0.25, 0.3) is 0 Å². The molecule has 0 saturated carbocycles. The predicted molar refractivity (Wildman–Crippen MR) is 89.5 cm³/mol. The summed E-state index contributed by atoms with van der Waals surface area (Å²) < 4.78 is 43.8. The fourth-order valence-corrected chi connectivity index (χ4v) is 2.63. The average molecular weight is 357 g/mol. The fraction of sp³-hybridized carbons (Fsp3) is 0.312. The van der Waals surface area contributed by atoms with E-state index in [9.17, 15) is 13.2 Å². The Morgan fingerprint density at radius 3 is 2.67 bits per heavy atom. The Hall–Kier alpha value is -2.22. The molecule has 2 aromatic rings. The molecule has 0 bridgehead atoms. The molecular weight excluding hydrogens is 339 g/mol. The molecule has 24 heavy (non-hydrogen) atoms. The van der Waals surface area contributed by atoms with Crippen LogP contribution in [0.1, 0.15) is 11.1 Å². The SMILES string of the molecule is CN=C(NCCOc1ccccc1C(F)(F)F)NCc1ccsc1. The summed E-state index contributed by atoms with van der Waals surface area (Å²) in [6.45, 7) is 1.04. The number of halogens is 3. The van der Waals surface area contributed by atoms with Gasteiger partial charge in [0.05, 0.1) is 12.1 Å². The smallest absolute Gasteiger partial charge is 0.419 e. The Kier molecular flexibility index (Phi) is 6.48. The highest BCUT2D eigenvalue weighted by Crippen LogP contribution is 2.35. The molecule has 4 nitrogen and oxygen atoms in total. The first-order chi connectivity index (χ1) is 11.5. The number of thiophene rings is 1. The van der Waals surface area contributed by atoms with Gasteiger partial charge in [-0.2, -0.15) is 24.5 Å². The van der Waals surface area contributed by atoms with Crippen molar-refractivity contribution in [2.45, 2.75) is 12.7 Å². The van der Waals surface area contributed by atoms with Crippen LogP contribution < -0.4 is 15.4 Å². The van der Waals surface area contributed by atoms with Gasteiger partial charge >= 0.3 is 6.18 Å². The molecule has 2 rings (SSSR count). The van der Waals surface area contributed by atoms with E-state index >= 15 is 0 Å². The number of nitrogens with one attached hydrogen (secondary N) is 2. The first kappa shape index (κ1) is 18.1. The van der Waals surface area contributed by atoms with Crippen LogP contribution in [-0.4, -0.2) is 26.2 Å². The molecule has 0 fully saturated rings. The molecule has 0 aliphatic rings. The van der Waals surface area contributed by atoms with Crippen molar-refractivity contribution in [1.82, 2.24) is 10.6 Å². The van der Waals surface area contributed by atoms with E-state index < -0.39 is 11.7 Å². The summed E-state index contributed by atoms with van der Waals surface area (Å²) >= 11 is 1.61. The van der Waals surface area contributed by atoms with Crippen LogP contribution >= 0.6 is 11.3 Å². The molecule has 2 N–H and O–H groups in total. The third kappa shape index (κ3) is 5.45. The number of hydrogen-bond acceptors (Lipinski definition) is 3. The number of nitrogens with zero attached hydrogens (tertiary/aromatic N) is 1. The third-order valence-corrected chi connectivity index (χ3v) is 3.84. The molecule has 0 unspecified atom stereocenters. The zero-order valence-electron chi connectivity index (χ0n) is 13.1. The van der Waals surface area contributed by atoms with Gasteiger partial charge in [-0.1, -0.05) is 12.1 Å². The summed E-state index contributed by atoms with van der Waals surface area (Å²) in [4.78, 5) is 4.05. The maximum atomic E-state index is 12.9. The number of para-hydroxylation sites is 1. The van der Waals surface area contributed by atoms with E-state index in [-0.39, 0.29) is 12.4 Å². The van der Waals surface area contributed by atoms with Crippen molar-refractivity contribution in [3.63, 3.8) is 0 Å². The Morgan fingerprint density at radius 1 is 1.21 bits per heavy atom. The maximum Gasteiger partial charge on any atom is 0.419 e. The van der Waals surface area contributed by atoms with Crippen LogP contribution in [0.3, 0.4) is 0 Å². The lowest BCUT2D eigenvalue weighted by Gasteiger charge is -2.15. The van der Waals surface area contributed by atoms with Gasteiger partial charge in [-0.15, -0.1) is 0 Å². The highest BCUT2D eigenvalue weighted by molar-refractivity contribution is 7.07. The highest BCUT2D eigenvalue weighted by atomic mass is 32.1. The van der Waals surface area contributed by atoms with Gasteiger partial charge < -0.3 is 15.4 Å². The molecule has 0 amide bonds. The summed E-state index contributed by atoms with van der Waals surface area (Å²) in [5, 5.41) is 10.1. The summed E-state index contributed by atoms with van der Waals surface area (Å²) in [5.74, 6) is 0.391. The van der Waals surface area contributed by atoms with Crippen LogP contribution in [-0.2, 0) is 12.7 Å². The first-order valence-electron chi connectivity index (χ1n) is 7.25. The monoisotopic (exact) mass is 357 g/mol. The van der Waals surface area contributed by atoms with Gasteiger partial charge in [-0.05, 0) is 34.5 Å².